The molecule has 0 bridgehead atoms. The molecule has 0 radical (unpaired) electrons. The predicted molar refractivity (Wildman–Crippen MR) is 55.0 cm³/mol. The van der Waals surface area contributed by atoms with Gasteiger partial charge in [-0.2, -0.15) is 0 Å². The van der Waals surface area contributed by atoms with Gasteiger partial charge in [0.15, 0.2) is 0 Å². The van der Waals surface area contributed by atoms with Gasteiger partial charge in [-0.3, -0.25) is 0 Å². The Morgan fingerprint density at radius 3 is 2.33 bits per heavy atom. The average Bonchev–Trinajstić information content (AvgIpc) is 2.11. The standard InChI is InChI=1S/C10H24N2/c1-3-5-6-9(4-2)7-10(12)8-11/h9-10H,3-8,11-12H2,1-2H3. The van der Waals surface area contributed by atoms with Crippen molar-refractivity contribution in [3.8, 4) is 0 Å². The first-order valence-corrected chi connectivity index (χ1v) is 5.20. The van der Waals surface area contributed by atoms with Crippen molar-refractivity contribution in [2.45, 2.75) is 52.0 Å². The molecule has 0 amide bonds. The van der Waals surface area contributed by atoms with E-state index in [1.165, 1.54) is 25.7 Å². The fraction of sp³-hybridized carbons (Fsp3) is 1.00. The van der Waals surface area contributed by atoms with E-state index < -0.39 is 0 Å². The number of rotatable bonds is 7. The lowest BCUT2D eigenvalue weighted by molar-refractivity contribution is 0.387. The van der Waals surface area contributed by atoms with Gasteiger partial charge in [-0.05, 0) is 12.3 Å². The molecule has 0 fully saturated rings. The summed E-state index contributed by atoms with van der Waals surface area (Å²) in [6.07, 6.45) is 6.28. The predicted octanol–water partition coefficient (Wildman–Crippen LogP) is 1.88. The van der Waals surface area contributed by atoms with Crippen molar-refractivity contribution in [1.29, 1.82) is 0 Å². The molecule has 2 atom stereocenters. The van der Waals surface area contributed by atoms with Crippen LogP contribution in [0.15, 0.2) is 0 Å². The van der Waals surface area contributed by atoms with Crippen molar-refractivity contribution < 1.29 is 0 Å². The first-order chi connectivity index (χ1) is 5.74. The summed E-state index contributed by atoms with van der Waals surface area (Å²) in [6.45, 7) is 5.10. The Morgan fingerprint density at radius 2 is 1.92 bits per heavy atom. The summed E-state index contributed by atoms with van der Waals surface area (Å²) < 4.78 is 0. The van der Waals surface area contributed by atoms with Gasteiger partial charge in [0.25, 0.3) is 0 Å². The second-order valence-electron chi connectivity index (χ2n) is 3.65. The minimum Gasteiger partial charge on any atom is -0.329 e. The van der Waals surface area contributed by atoms with Crippen LogP contribution in [0.1, 0.15) is 46.0 Å². The van der Waals surface area contributed by atoms with E-state index in [1.807, 2.05) is 0 Å². The monoisotopic (exact) mass is 172 g/mol. The molecule has 2 unspecified atom stereocenters. The zero-order chi connectivity index (χ0) is 9.40. The first-order valence-electron chi connectivity index (χ1n) is 5.20. The highest BCUT2D eigenvalue weighted by atomic mass is 14.7. The summed E-state index contributed by atoms with van der Waals surface area (Å²) in [5, 5.41) is 0. The molecule has 0 saturated carbocycles. The number of hydrogen-bond donors (Lipinski definition) is 2. The minimum atomic E-state index is 0.215. The average molecular weight is 172 g/mol. The van der Waals surface area contributed by atoms with E-state index in [1.54, 1.807) is 0 Å². The maximum Gasteiger partial charge on any atom is 0.0165 e. The number of nitrogens with two attached hydrogens (primary N) is 2. The molecule has 2 heteroatoms. The molecule has 4 N–H and O–H groups in total. The molecule has 0 aliphatic heterocycles. The van der Waals surface area contributed by atoms with E-state index >= 15 is 0 Å². The van der Waals surface area contributed by atoms with E-state index in [0.717, 1.165) is 12.3 Å². The molecule has 12 heavy (non-hydrogen) atoms. The van der Waals surface area contributed by atoms with Gasteiger partial charge >= 0.3 is 0 Å². The number of unbranched alkanes of at least 4 members (excludes halogenated alkanes) is 1. The third kappa shape index (κ3) is 5.56. The Morgan fingerprint density at radius 1 is 1.25 bits per heavy atom. The fourth-order valence-corrected chi connectivity index (χ4v) is 1.51. The van der Waals surface area contributed by atoms with Crippen molar-refractivity contribution in [1.82, 2.24) is 0 Å². The van der Waals surface area contributed by atoms with E-state index in [2.05, 4.69) is 13.8 Å². The molecule has 74 valence electrons. The van der Waals surface area contributed by atoms with Gasteiger partial charge in [-0.1, -0.05) is 39.5 Å². The lowest BCUT2D eigenvalue weighted by atomic mass is 9.92. The molecule has 0 aliphatic carbocycles. The van der Waals surface area contributed by atoms with Gasteiger partial charge in [0.05, 0.1) is 0 Å². The molecule has 0 aliphatic rings. The highest BCUT2D eigenvalue weighted by Gasteiger charge is 2.09. The Bertz CT molecular complexity index is 93.8. The highest BCUT2D eigenvalue weighted by Crippen LogP contribution is 2.17. The SMILES string of the molecule is CCCCC(CC)CC(N)CN. The van der Waals surface area contributed by atoms with Gasteiger partial charge in [0.1, 0.15) is 0 Å². The van der Waals surface area contributed by atoms with Crippen LogP contribution in [0.4, 0.5) is 0 Å². The zero-order valence-corrected chi connectivity index (χ0v) is 8.55. The first kappa shape index (κ1) is 11.9. The Balaban J connectivity index is 3.51. The summed E-state index contributed by atoms with van der Waals surface area (Å²) in [7, 11) is 0. The Labute approximate surface area is 76.7 Å². The molecule has 0 aromatic rings. The van der Waals surface area contributed by atoms with Gasteiger partial charge in [0, 0.05) is 12.6 Å². The Hall–Kier alpha value is -0.0800. The summed E-state index contributed by atoms with van der Waals surface area (Å²) in [6, 6.07) is 0.215. The quantitative estimate of drug-likeness (QED) is 0.616. The van der Waals surface area contributed by atoms with Crippen LogP contribution >= 0.6 is 0 Å². The van der Waals surface area contributed by atoms with Gasteiger partial charge in [0.2, 0.25) is 0 Å². The largest absolute Gasteiger partial charge is 0.329 e. The van der Waals surface area contributed by atoms with Crippen LogP contribution in [0.5, 0.6) is 0 Å². The molecule has 0 aromatic heterocycles. The molecule has 0 spiro atoms. The van der Waals surface area contributed by atoms with Crippen LogP contribution in [0, 0.1) is 5.92 Å². The lowest BCUT2D eigenvalue weighted by Crippen LogP contribution is -2.31. The van der Waals surface area contributed by atoms with E-state index in [0.29, 0.717) is 6.54 Å². The molecule has 0 rings (SSSR count). The maximum absolute atomic E-state index is 5.80. The molecule has 0 heterocycles. The normalized spacial score (nSPS) is 16.0. The van der Waals surface area contributed by atoms with Crippen LogP contribution in [0.2, 0.25) is 0 Å². The molecule has 0 saturated heterocycles. The van der Waals surface area contributed by atoms with Crippen molar-refractivity contribution in [3.05, 3.63) is 0 Å². The summed E-state index contributed by atoms with van der Waals surface area (Å²) in [5.74, 6) is 0.795. The summed E-state index contributed by atoms with van der Waals surface area (Å²) in [5.41, 5.74) is 11.3. The van der Waals surface area contributed by atoms with Crippen LogP contribution in [0.25, 0.3) is 0 Å². The van der Waals surface area contributed by atoms with Crippen molar-refractivity contribution in [2.75, 3.05) is 6.54 Å². The van der Waals surface area contributed by atoms with Gasteiger partial charge in [-0.15, -0.1) is 0 Å². The minimum absolute atomic E-state index is 0.215. The van der Waals surface area contributed by atoms with Gasteiger partial charge in [-0.25, -0.2) is 0 Å². The third-order valence-electron chi connectivity index (χ3n) is 2.48. The second-order valence-corrected chi connectivity index (χ2v) is 3.65. The highest BCUT2D eigenvalue weighted by molar-refractivity contribution is 4.68. The topological polar surface area (TPSA) is 52.0 Å². The van der Waals surface area contributed by atoms with E-state index in [9.17, 15) is 0 Å². The van der Waals surface area contributed by atoms with Crippen molar-refractivity contribution in [3.63, 3.8) is 0 Å². The lowest BCUT2D eigenvalue weighted by Gasteiger charge is -2.17. The van der Waals surface area contributed by atoms with Gasteiger partial charge < -0.3 is 11.5 Å². The van der Waals surface area contributed by atoms with Crippen molar-refractivity contribution >= 4 is 0 Å². The second kappa shape index (κ2) is 7.56. The van der Waals surface area contributed by atoms with E-state index in [4.69, 9.17) is 11.5 Å². The third-order valence-corrected chi connectivity index (χ3v) is 2.48. The molecular formula is C10H24N2. The summed E-state index contributed by atoms with van der Waals surface area (Å²) in [4.78, 5) is 0. The molecule has 0 aromatic carbocycles. The molecular weight excluding hydrogens is 148 g/mol. The maximum atomic E-state index is 5.80. The fourth-order valence-electron chi connectivity index (χ4n) is 1.51. The zero-order valence-electron chi connectivity index (χ0n) is 8.55. The van der Waals surface area contributed by atoms with Crippen LogP contribution in [0.3, 0.4) is 0 Å². The van der Waals surface area contributed by atoms with Crippen LogP contribution in [-0.2, 0) is 0 Å². The smallest absolute Gasteiger partial charge is 0.0165 e. The van der Waals surface area contributed by atoms with Crippen molar-refractivity contribution in [2.24, 2.45) is 17.4 Å². The van der Waals surface area contributed by atoms with E-state index in [-0.39, 0.29) is 6.04 Å². The molecule has 2 nitrogen and oxygen atoms in total. The Kier molecular flexibility index (Phi) is 7.51. The van der Waals surface area contributed by atoms with Crippen LogP contribution < -0.4 is 11.5 Å². The van der Waals surface area contributed by atoms with Crippen LogP contribution in [-0.4, -0.2) is 12.6 Å². The number of hydrogen-bond acceptors (Lipinski definition) is 2. The summed E-state index contributed by atoms with van der Waals surface area (Å²) >= 11 is 0.